The minimum absolute atomic E-state index is 0.0112. The lowest BCUT2D eigenvalue weighted by molar-refractivity contribution is 0.0988. The lowest BCUT2D eigenvalue weighted by Crippen LogP contribution is -2.35. The van der Waals surface area contributed by atoms with Crippen LogP contribution in [0.5, 0.6) is 0 Å². The summed E-state index contributed by atoms with van der Waals surface area (Å²) in [6.45, 7) is 8.55. The van der Waals surface area contributed by atoms with Crippen molar-refractivity contribution in [3.63, 3.8) is 0 Å². The molecule has 0 spiro atoms. The lowest BCUT2D eigenvalue weighted by Gasteiger charge is -2.34. The van der Waals surface area contributed by atoms with Crippen molar-refractivity contribution in [2.45, 2.75) is 46.0 Å². The van der Waals surface area contributed by atoms with E-state index < -0.39 is 0 Å². The molecule has 146 valence electrons. The van der Waals surface area contributed by atoms with E-state index in [1.165, 1.54) is 12.8 Å². The third-order valence-corrected chi connectivity index (χ3v) is 5.58. The molecule has 1 atom stereocenters. The minimum Gasteiger partial charge on any atom is -0.462 e. The van der Waals surface area contributed by atoms with Gasteiger partial charge in [0.25, 0.3) is 0 Å². The van der Waals surface area contributed by atoms with Crippen molar-refractivity contribution >= 4 is 22.6 Å². The number of furan rings is 1. The van der Waals surface area contributed by atoms with Crippen LogP contribution in [0, 0.1) is 5.92 Å². The molecule has 0 aromatic carbocycles. The summed E-state index contributed by atoms with van der Waals surface area (Å²) in [6, 6.07) is 5.64. The number of Topliss-reactive ketones (excluding diaryl/α,β-unsaturated/α-hetero) is 1. The van der Waals surface area contributed by atoms with Crippen molar-refractivity contribution in [1.29, 1.82) is 0 Å². The summed E-state index contributed by atoms with van der Waals surface area (Å²) in [5.74, 6) is 0.979. The smallest absolute Gasteiger partial charge is 0.185 e. The first-order valence-electron chi connectivity index (χ1n) is 10.1. The predicted molar refractivity (Wildman–Crippen MR) is 111 cm³/mol. The van der Waals surface area contributed by atoms with Crippen molar-refractivity contribution in [1.82, 2.24) is 9.97 Å². The SMILES string of the molecule is CC(C)c1coc2ccc(C(=O)Cc3cnccc3N3CCC[C@H](C)C3)nc12. The number of hydrogen-bond acceptors (Lipinski definition) is 5. The monoisotopic (exact) mass is 377 g/mol. The standard InChI is InChI=1S/C23H27N3O2/c1-15(2)18-14-28-22-7-6-19(25-23(18)22)21(27)11-17-12-24-9-8-20(17)26-10-4-5-16(3)13-26/h6-9,12,14-16H,4-5,10-11,13H2,1-3H3/t16-/m0/s1. The van der Waals surface area contributed by atoms with Gasteiger partial charge in [0, 0.05) is 48.7 Å². The number of ketones is 1. The highest BCUT2D eigenvalue weighted by molar-refractivity contribution is 5.98. The van der Waals surface area contributed by atoms with Crippen molar-refractivity contribution in [2.24, 2.45) is 5.92 Å². The molecule has 5 nitrogen and oxygen atoms in total. The molecule has 5 heteroatoms. The number of carbonyl (C=O) groups excluding carboxylic acids is 1. The van der Waals surface area contributed by atoms with Crippen molar-refractivity contribution < 1.29 is 9.21 Å². The summed E-state index contributed by atoms with van der Waals surface area (Å²) in [5, 5.41) is 0. The number of rotatable bonds is 5. The summed E-state index contributed by atoms with van der Waals surface area (Å²) in [4.78, 5) is 24.3. The third kappa shape index (κ3) is 3.66. The first kappa shape index (κ1) is 18.7. The Kier molecular flexibility index (Phi) is 5.16. The highest BCUT2D eigenvalue weighted by Gasteiger charge is 2.21. The van der Waals surface area contributed by atoms with Gasteiger partial charge in [-0.05, 0) is 42.9 Å². The van der Waals surface area contributed by atoms with E-state index in [4.69, 9.17) is 4.42 Å². The summed E-state index contributed by atoms with van der Waals surface area (Å²) in [5.41, 5.74) is 5.13. The van der Waals surface area contributed by atoms with Gasteiger partial charge in [0.1, 0.15) is 11.2 Å². The molecule has 3 aromatic rings. The Bertz CT molecular complexity index is 992. The average Bonchev–Trinajstić information content (AvgIpc) is 3.12. The van der Waals surface area contributed by atoms with Crippen molar-refractivity contribution in [3.8, 4) is 0 Å². The maximum atomic E-state index is 13.0. The highest BCUT2D eigenvalue weighted by atomic mass is 16.3. The molecule has 4 rings (SSSR count). The number of aromatic nitrogens is 2. The Balaban J connectivity index is 1.60. The molecule has 0 radical (unpaired) electrons. The molecule has 4 heterocycles. The zero-order chi connectivity index (χ0) is 19.7. The van der Waals surface area contributed by atoms with Crippen LogP contribution in [0.15, 0.2) is 41.3 Å². The molecule has 0 N–H and O–H groups in total. The Morgan fingerprint density at radius 3 is 2.96 bits per heavy atom. The molecule has 1 aliphatic heterocycles. The minimum atomic E-state index is 0.0112. The van der Waals surface area contributed by atoms with Crippen LogP contribution < -0.4 is 4.90 Å². The number of pyridine rings is 2. The molecule has 3 aromatic heterocycles. The van der Waals surface area contributed by atoms with Crippen LogP contribution in [0.2, 0.25) is 0 Å². The quantitative estimate of drug-likeness (QED) is 0.585. The van der Waals surface area contributed by atoms with Crippen LogP contribution in [-0.4, -0.2) is 28.8 Å². The molecule has 0 aliphatic carbocycles. The third-order valence-electron chi connectivity index (χ3n) is 5.58. The van der Waals surface area contributed by atoms with Gasteiger partial charge in [-0.3, -0.25) is 9.78 Å². The highest BCUT2D eigenvalue weighted by Crippen LogP contribution is 2.28. The number of carbonyl (C=O) groups is 1. The number of nitrogens with zero attached hydrogens (tertiary/aromatic N) is 3. The Labute approximate surface area is 165 Å². The second kappa shape index (κ2) is 7.74. The largest absolute Gasteiger partial charge is 0.462 e. The maximum Gasteiger partial charge on any atom is 0.185 e. The van der Waals surface area contributed by atoms with Crippen LogP contribution in [0.1, 0.15) is 61.1 Å². The summed E-state index contributed by atoms with van der Waals surface area (Å²) in [6.07, 6.45) is 8.14. The summed E-state index contributed by atoms with van der Waals surface area (Å²) < 4.78 is 5.58. The molecule has 1 saturated heterocycles. The van der Waals surface area contributed by atoms with E-state index >= 15 is 0 Å². The fourth-order valence-corrected chi connectivity index (χ4v) is 4.03. The first-order chi connectivity index (χ1) is 13.5. The number of fused-ring (bicyclic) bond motifs is 1. The van der Waals surface area contributed by atoms with Crippen LogP contribution >= 0.6 is 0 Å². The predicted octanol–water partition coefficient (Wildman–Crippen LogP) is 5.01. The van der Waals surface area contributed by atoms with Gasteiger partial charge < -0.3 is 9.32 Å². The topological polar surface area (TPSA) is 59.2 Å². The Morgan fingerprint density at radius 2 is 2.18 bits per heavy atom. The number of anilines is 1. The molecule has 1 fully saturated rings. The van der Waals surface area contributed by atoms with Gasteiger partial charge >= 0.3 is 0 Å². The van der Waals surface area contributed by atoms with E-state index in [9.17, 15) is 4.79 Å². The summed E-state index contributed by atoms with van der Waals surface area (Å²) >= 11 is 0. The Hall–Kier alpha value is -2.69. The molecule has 0 saturated carbocycles. The van der Waals surface area contributed by atoms with E-state index in [-0.39, 0.29) is 5.78 Å². The molecule has 0 amide bonds. The lowest BCUT2D eigenvalue weighted by atomic mass is 9.98. The van der Waals surface area contributed by atoms with Gasteiger partial charge in [-0.25, -0.2) is 4.98 Å². The van der Waals surface area contributed by atoms with E-state index in [0.717, 1.165) is 41.0 Å². The van der Waals surface area contributed by atoms with E-state index in [2.05, 4.69) is 35.6 Å². The van der Waals surface area contributed by atoms with Gasteiger partial charge in [0.15, 0.2) is 11.4 Å². The van der Waals surface area contributed by atoms with Gasteiger partial charge in [0.05, 0.1) is 6.26 Å². The molecule has 0 bridgehead atoms. The fraction of sp³-hybridized carbons (Fsp3) is 0.435. The van der Waals surface area contributed by atoms with Crippen LogP contribution in [0.4, 0.5) is 5.69 Å². The molecular weight excluding hydrogens is 350 g/mol. The molecular formula is C23H27N3O2. The Morgan fingerprint density at radius 1 is 1.32 bits per heavy atom. The van der Waals surface area contributed by atoms with E-state index in [1.807, 2.05) is 24.5 Å². The van der Waals surface area contributed by atoms with Gasteiger partial charge in [0.2, 0.25) is 0 Å². The van der Waals surface area contributed by atoms with Gasteiger partial charge in [-0.15, -0.1) is 0 Å². The normalized spacial score (nSPS) is 17.4. The zero-order valence-corrected chi connectivity index (χ0v) is 16.8. The van der Waals surface area contributed by atoms with Crippen molar-refractivity contribution in [2.75, 3.05) is 18.0 Å². The number of piperidine rings is 1. The zero-order valence-electron chi connectivity index (χ0n) is 16.8. The van der Waals surface area contributed by atoms with E-state index in [0.29, 0.717) is 24.0 Å². The van der Waals surface area contributed by atoms with Crippen LogP contribution in [0.25, 0.3) is 11.1 Å². The maximum absolute atomic E-state index is 13.0. The van der Waals surface area contributed by atoms with Gasteiger partial charge in [-0.1, -0.05) is 20.8 Å². The van der Waals surface area contributed by atoms with Gasteiger partial charge in [-0.2, -0.15) is 0 Å². The van der Waals surface area contributed by atoms with E-state index in [1.54, 1.807) is 12.3 Å². The second-order valence-electron chi connectivity index (χ2n) is 8.19. The fourth-order valence-electron chi connectivity index (χ4n) is 4.03. The summed E-state index contributed by atoms with van der Waals surface area (Å²) in [7, 11) is 0. The molecule has 28 heavy (non-hydrogen) atoms. The second-order valence-corrected chi connectivity index (χ2v) is 8.19. The average molecular weight is 377 g/mol. The number of hydrogen-bond donors (Lipinski definition) is 0. The van der Waals surface area contributed by atoms with Crippen molar-refractivity contribution in [3.05, 3.63) is 53.7 Å². The molecule has 1 aliphatic rings. The van der Waals surface area contributed by atoms with Crippen LogP contribution in [0.3, 0.4) is 0 Å². The molecule has 0 unspecified atom stereocenters. The van der Waals surface area contributed by atoms with Crippen LogP contribution in [-0.2, 0) is 6.42 Å². The first-order valence-corrected chi connectivity index (χ1v) is 10.1.